The highest BCUT2D eigenvalue weighted by molar-refractivity contribution is 7.91. The molecule has 1 amide bonds. The van der Waals surface area contributed by atoms with E-state index in [4.69, 9.17) is 9.47 Å². The molecule has 1 aliphatic rings. The molecule has 1 saturated heterocycles. The van der Waals surface area contributed by atoms with Crippen molar-refractivity contribution in [3.63, 3.8) is 0 Å². The number of pyridine rings is 1. The third kappa shape index (κ3) is 4.09. The van der Waals surface area contributed by atoms with Crippen LogP contribution in [-0.4, -0.2) is 53.9 Å². The quantitative estimate of drug-likeness (QED) is 0.808. The zero-order valence-electron chi connectivity index (χ0n) is 14.9. The Morgan fingerprint density at radius 1 is 1.44 bits per heavy atom. The topological polar surface area (TPSA) is 85.8 Å². The van der Waals surface area contributed by atoms with Gasteiger partial charge in [-0.25, -0.2) is 22.6 Å². The normalized spacial score (nSPS) is 21.8. The number of hydrogen-bond donors (Lipinski definition) is 0. The lowest BCUT2D eigenvalue weighted by molar-refractivity contribution is -0.0637. The molecule has 0 N–H and O–H groups in total. The van der Waals surface area contributed by atoms with Crippen molar-refractivity contribution in [3.8, 4) is 0 Å². The number of ether oxygens (including phenoxy) is 2. The number of carbonyl (C=O) groups is 1. The van der Waals surface area contributed by atoms with E-state index in [2.05, 4.69) is 4.98 Å². The van der Waals surface area contributed by atoms with Crippen LogP contribution in [0.2, 0.25) is 0 Å². The lowest BCUT2D eigenvalue weighted by Crippen LogP contribution is -2.53. The predicted octanol–water partition coefficient (Wildman–Crippen LogP) is 2.52. The first-order valence-corrected chi connectivity index (χ1v) is 9.36. The fraction of sp³-hybridized carbons (Fsp3) is 0.625. The Morgan fingerprint density at radius 3 is 2.60 bits per heavy atom. The van der Waals surface area contributed by atoms with Crippen LogP contribution in [0.25, 0.3) is 0 Å². The van der Waals surface area contributed by atoms with Crippen LogP contribution in [0.1, 0.15) is 34.6 Å². The van der Waals surface area contributed by atoms with Crippen LogP contribution in [0, 0.1) is 0 Å². The maximum Gasteiger partial charge on any atom is 0.413 e. The van der Waals surface area contributed by atoms with Gasteiger partial charge in [0.2, 0.25) is 15.3 Å². The first kappa shape index (κ1) is 19.6. The monoisotopic (exact) mass is 374 g/mol. The number of carbonyl (C=O) groups excluding carboxylic acids is 1. The van der Waals surface area contributed by atoms with Crippen molar-refractivity contribution in [1.29, 1.82) is 0 Å². The van der Waals surface area contributed by atoms with Crippen molar-refractivity contribution in [2.24, 2.45) is 0 Å². The molecule has 2 rings (SSSR count). The molecule has 0 saturated carbocycles. The first-order valence-electron chi connectivity index (χ1n) is 7.81. The highest BCUT2D eigenvalue weighted by Gasteiger charge is 2.52. The number of hydrogen-bond acceptors (Lipinski definition) is 6. The summed E-state index contributed by atoms with van der Waals surface area (Å²) in [5.74, 6) is 0. The lowest BCUT2D eigenvalue weighted by Gasteiger charge is -2.35. The summed E-state index contributed by atoms with van der Waals surface area (Å²) >= 11 is 0. The number of sulfone groups is 1. The van der Waals surface area contributed by atoms with Crippen LogP contribution < -0.4 is 0 Å². The molecule has 0 aromatic carbocycles. The van der Waals surface area contributed by atoms with Gasteiger partial charge in [-0.3, -0.25) is 4.90 Å². The minimum atomic E-state index is -4.39. The average Bonchev–Trinajstić information content (AvgIpc) is 2.81. The molecule has 0 radical (unpaired) electrons. The molecule has 2 heterocycles. The molecule has 1 aromatic rings. The second-order valence-corrected chi connectivity index (χ2v) is 9.20. The largest absolute Gasteiger partial charge is 0.444 e. The van der Waals surface area contributed by atoms with Crippen molar-refractivity contribution in [2.75, 3.05) is 6.61 Å². The van der Waals surface area contributed by atoms with E-state index in [9.17, 15) is 13.2 Å². The van der Waals surface area contributed by atoms with E-state index in [1.807, 2.05) is 0 Å². The van der Waals surface area contributed by atoms with Gasteiger partial charge in [0.15, 0.2) is 5.03 Å². The van der Waals surface area contributed by atoms with Gasteiger partial charge in [0.05, 0.1) is 6.61 Å². The highest BCUT2D eigenvalue weighted by Crippen LogP contribution is 2.34. The van der Waals surface area contributed by atoms with Crippen molar-refractivity contribution in [1.82, 2.24) is 9.88 Å². The van der Waals surface area contributed by atoms with E-state index in [0.717, 1.165) is 4.90 Å². The van der Waals surface area contributed by atoms with E-state index >= 15 is 4.39 Å². The molecule has 0 bridgehead atoms. The van der Waals surface area contributed by atoms with Crippen LogP contribution in [0.3, 0.4) is 0 Å². The van der Waals surface area contributed by atoms with Gasteiger partial charge in [-0.2, -0.15) is 0 Å². The molecule has 2 atom stereocenters. The van der Waals surface area contributed by atoms with Gasteiger partial charge >= 0.3 is 6.09 Å². The lowest BCUT2D eigenvalue weighted by atomic mass is 10.2. The third-order valence-electron chi connectivity index (χ3n) is 3.64. The third-order valence-corrected chi connectivity index (χ3v) is 5.37. The second-order valence-electron chi connectivity index (χ2n) is 7.24. The predicted molar refractivity (Wildman–Crippen MR) is 88.2 cm³/mol. The summed E-state index contributed by atoms with van der Waals surface area (Å²) in [7, 11) is -4.39. The summed E-state index contributed by atoms with van der Waals surface area (Å²) in [6.07, 6.45) is 0.430. The van der Waals surface area contributed by atoms with E-state index in [-0.39, 0.29) is 6.61 Å². The van der Waals surface area contributed by atoms with Crippen LogP contribution in [0.4, 0.5) is 9.18 Å². The Kier molecular flexibility index (Phi) is 5.11. The van der Waals surface area contributed by atoms with Crippen molar-refractivity contribution in [2.45, 2.75) is 62.5 Å². The van der Waals surface area contributed by atoms with Crippen molar-refractivity contribution >= 4 is 15.9 Å². The number of aromatic nitrogens is 1. The number of alkyl halides is 1. The van der Waals surface area contributed by atoms with E-state index in [1.54, 1.807) is 34.6 Å². The number of halogens is 1. The number of nitrogens with zero attached hydrogens (tertiary/aromatic N) is 2. The minimum Gasteiger partial charge on any atom is -0.444 e. The summed E-state index contributed by atoms with van der Waals surface area (Å²) in [5, 5.41) is -0.392. The zero-order valence-corrected chi connectivity index (χ0v) is 15.7. The number of rotatable bonds is 3. The zero-order chi connectivity index (χ0) is 19.0. The van der Waals surface area contributed by atoms with Gasteiger partial charge in [-0.15, -0.1) is 0 Å². The van der Waals surface area contributed by atoms with Gasteiger partial charge in [0, 0.05) is 6.20 Å². The van der Waals surface area contributed by atoms with E-state index < -0.39 is 43.8 Å². The highest BCUT2D eigenvalue weighted by atomic mass is 32.2. The second kappa shape index (κ2) is 6.53. The smallest absolute Gasteiger partial charge is 0.413 e. The molecular weight excluding hydrogens is 351 g/mol. The van der Waals surface area contributed by atoms with Gasteiger partial charge in [0.1, 0.15) is 17.4 Å². The fourth-order valence-electron chi connectivity index (χ4n) is 2.53. The van der Waals surface area contributed by atoms with Crippen molar-refractivity contribution < 1.29 is 27.1 Å². The Hall–Kier alpha value is -1.74. The Labute approximate surface area is 147 Å². The van der Waals surface area contributed by atoms with E-state index in [1.165, 1.54) is 24.4 Å². The summed E-state index contributed by atoms with van der Waals surface area (Å²) in [5.41, 5.74) is -4.40. The van der Waals surface area contributed by atoms with Gasteiger partial charge in [-0.05, 0) is 46.8 Å². The Balaban J connectivity index is 2.34. The molecule has 0 unspecified atom stereocenters. The Morgan fingerprint density at radius 2 is 2.08 bits per heavy atom. The molecule has 1 fully saturated rings. The fourth-order valence-corrected chi connectivity index (χ4v) is 3.85. The number of amides is 1. The molecule has 0 spiro atoms. The minimum absolute atomic E-state index is 0.264. The maximum atomic E-state index is 15.0. The molecule has 7 nitrogen and oxygen atoms in total. The summed E-state index contributed by atoms with van der Waals surface area (Å²) in [4.78, 5) is 17.2. The standard InChI is InChI=1S/C16H23FN2O5S/c1-15(2,3)24-14(20)19-11(10-23-16(19,4)5)13(17)25(21,22)12-8-6-7-9-18-12/h6-9,11,13H,10H2,1-5H3/t11-,13+/m0/s1. The molecular formula is C16H23FN2O5S. The first-order chi connectivity index (χ1) is 11.4. The molecule has 0 aliphatic carbocycles. The molecule has 140 valence electrons. The van der Waals surface area contributed by atoms with Crippen LogP contribution in [0.5, 0.6) is 0 Å². The Bertz CT molecular complexity index is 731. The summed E-state index contributed by atoms with van der Waals surface area (Å²) in [6, 6.07) is 2.85. The summed E-state index contributed by atoms with van der Waals surface area (Å²) < 4.78 is 50.8. The average molecular weight is 374 g/mol. The van der Waals surface area contributed by atoms with Crippen LogP contribution in [-0.2, 0) is 19.3 Å². The molecule has 1 aliphatic heterocycles. The van der Waals surface area contributed by atoms with Crippen LogP contribution >= 0.6 is 0 Å². The van der Waals surface area contributed by atoms with Gasteiger partial charge in [0.25, 0.3) is 0 Å². The van der Waals surface area contributed by atoms with E-state index in [0.29, 0.717) is 0 Å². The SMILES string of the molecule is CC(C)(C)OC(=O)N1[C@H]([C@H](F)S(=O)(=O)c2ccccn2)COC1(C)C. The van der Waals surface area contributed by atoms with Crippen LogP contribution in [0.15, 0.2) is 29.4 Å². The van der Waals surface area contributed by atoms with Gasteiger partial charge in [-0.1, -0.05) is 6.07 Å². The van der Waals surface area contributed by atoms with Gasteiger partial charge < -0.3 is 9.47 Å². The maximum absolute atomic E-state index is 15.0. The molecule has 9 heteroatoms. The molecule has 1 aromatic heterocycles. The summed E-state index contributed by atoms with van der Waals surface area (Å²) in [6.45, 7) is 7.84. The van der Waals surface area contributed by atoms with Crippen molar-refractivity contribution in [3.05, 3.63) is 24.4 Å². The molecule has 25 heavy (non-hydrogen) atoms.